The molecule has 86 valence electrons. The molecule has 0 amide bonds. The predicted octanol–water partition coefficient (Wildman–Crippen LogP) is 3.20. The number of rotatable bonds is 2. The van der Waals surface area contributed by atoms with Gasteiger partial charge in [0.25, 0.3) is 0 Å². The van der Waals surface area contributed by atoms with E-state index in [1.165, 1.54) is 17.2 Å². The van der Waals surface area contributed by atoms with Crippen LogP contribution in [0.2, 0.25) is 0 Å². The third-order valence-electron chi connectivity index (χ3n) is 2.81. The van der Waals surface area contributed by atoms with Crippen LogP contribution in [0.25, 0.3) is 0 Å². The van der Waals surface area contributed by atoms with Gasteiger partial charge in [-0.1, -0.05) is 0 Å². The molecule has 1 aliphatic heterocycles. The minimum Gasteiger partial charge on any atom is -0.367 e. The first-order chi connectivity index (χ1) is 7.72. The number of carbonyl (C=O) groups is 1. The van der Waals surface area contributed by atoms with E-state index in [0.717, 1.165) is 17.3 Å². The summed E-state index contributed by atoms with van der Waals surface area (Å²) in [6, 6.07) is 6.51. The van der Waals surface area contributed by atoms with E-state index in [1.807, 2.05) is 30.0 Å². The molecule has 1 atom stereocenters. The van der Waals surface area contributed by atoms with Crippen molar-refractivity contribution < 1.29 is 4.79 Å². The van der Waals surface area contributed by atoms with Crippen LogP contribution in [0, 0.1) is 0 Å². The molecule has 1 aliphatic rings. The van der Waals surface area contributed by atoms with Crippen molar-refractivity contribution >= 4 is 39.7 Å². The highest BCUT2D eigenvalue weighted by Crippen LogP contribution is 2.27. The predicted molar refractivity (Wildman–Crippen MR) is 73.7 cm³/mol. The number of nitrogens with zero attached hydrogens (tertiary/aromatic N) is 1. The Bertz CT molecular complexity index is 397. The molecule has 0 spiro atoms. The molecule has 2 nitrogen and oxygen atoms in total. The van der Waals surface area contributed by atoms with Gasteiger partial charge in [0.2, 0.25) is 0 Å². The lowest BCUT2D eigenvalue weighted by molar-refractivity contribution is 0.112. The molecule has 16 heavy (non-hydrogen) atoms. The molecule has 1 saturated heterocycles. The molecule has 0 aromatic heterocycles. The van der Waals surface area contributed by atoms with Crippen LogP contribution in [0.4, 0.5) is 5.69 Å². The van der Waals surface area contributed by atoms with Gasteiger partial charge in [0.1, 0.15) is 0 Å². The molecular formula is C12H14BrNOS. The Morgan fingerprint density at radius 1 is 1.56 bits per heavy atom. The Kier molecular flexibility index (Phi) is 3.92. The molecular weight excluding hydrogens is 286 g/mol. The van der Waals surface area contributed by atoms with Gasteiger partial charge in [0, 0.05) is 39.8 Å². The smallest absolute Gasteiger partial charge is 0.151 e. The molecule has 0 radical (unpaired) electrons. The van der Waals surface area contributed by atoms with E-state index in [2.05, 4.69) is 27.8 Å². The lowest BCUT2D eigenvalue weighted by Gasteiger charge is -2.35. The Morgan fingerprint density at radius 2 is 2.38 bits per heavy atom. The van der Waals surface area contributed by atoms with Crippen LogP contribution in [0.15, 0.2) is 22.7 Å². The summed E-state index contributed by atoms with van der Waals surface area (Å²) in [4.78, 5) is 13.1. The van der Waals surface area contributed by atoms with Crippen molar-refractivity contribution in [2.45, 2.75) is 13.0 Å². The number of halogens is 1. The van der Waals surface area contributed by atoms with E-state index < -0.39 is 0 Å². The monoisotopic (exact) mass is 299 g/mol. The third kappa shape index (κ3) is 2.43. The number of hydrogen-bond acceptors (Lipinski definition) is 3. The topological polar surface area (TPSA) is 20.3 Å². The van der Waals surface area contributed by atoms with Crippen molar-refractivity contribution in [1.82, 2.24) is 0 Å². The van der Waals surface area contributed by atoms with E-state index in [-0.39, 0.29) is 0 Å². The first-order valence-corrected chi connectivity index (χ1v) is 7.26. The highest BCUT2D eigenvalue weighted by atomic mass is 79.9. The first-order valence-electron chi connectivity index (χ1n) is 5.31. The molecule has 0 saturated carbocycles. The van der Waals surface area contributed by atoms with Crippen molar-refractivity contribution in [1.29, 1.82) is 0 Å². The summed E-state index contributed by atoms with van der Waals surface area (Å²) in [5, 5.41) is 0. The zero-order valence-electron chi connectivity index (χ0n) is 9.15. The molecule has 1 unspecified atom stereocenters. The average molecular weight is 300 g/mol. The van der Waals surface area contributed by atoms with Crippen molar-refractivity contribution in [2.24, 2.45) is 0 Å². The van der Waals surface area contributed by atoms with Crippen LogP contribution in [-0.2, 0) is 0 Å². The summed E-state index contributed by atoms with van der Waals surface area (Å²) in [7, 11) is 0. The van der Waals surface area contributed by atoms with Crippen LogP contribution in [-0.4, -0.2) is 30.4 Å². The summed E-state index contributed by atoms with van der Waals surface area (Å²) in [5.74, 6) is 2.35. The molecule has 2 rings (SSSR count). The van der Waals surface area contributed by atoms with Gasteiger partial charge in [-0.05, 0) is 41.1 Å². The highest BCUT2D eigenvalue weighted by molar-refractivity contribution is 9.10. The van der Waals surface area contributed by atoms with Gasteiger partial charge in [0.15, 0.2) is 6.29 Å². The first kappa shape index (κ1) is 12.0. The molecule has 0 bridgehead atoms. The number of benzene rings is 1. The number of aldehydes is 1. The highest BCUT2D eigenvalue weighted by Gasteiger charge is 2.19. The molecule has 0 N–H and O–H groups in total. The second kappa shape index (κ2) is 5.23. The summed E-state index contributed by atoms with van der Waals surface area (Å²) in [6.45, 7) is 3.33. The maximum absolute atomic E-state index is 10.7. The quantitative estimate of drug-likeness (QED) is 0.782. The summed E-state index contributed by atoms with van der Waals surface area (Å²) >= 11 is 5.43. The average Bonchev–Trinajstić information content (AvgIpc) is 2.29. The summed E-state index contributed by atoms with van der Waals surface area (Å²) < 4.78 is 0.880. The lowest BCUT2D eigenvalue weighted by atomic mass is 10.2. The van der Waals surface area contributed by atoms with Gasteiger partial charge >= 0.3 is 0 Å². The normalized spacial score (nSPS) is 20.9. The minimum atomic E-state index is 0.563. The maximum atomic E-state index is 10.7. The molecule has 0 aliphatic carbocycles. The largest absolute Gasteiger partial charge is 0.367 e. The Morgan fingerprint density at radius 3 is 3.00 bits per heavy atom. The fourth-order valence-electron chi connectivity index (χ4n) is 1.90. The minimum absolute atomic E-state index is 0.563. The number of anilines is 1. The van der Waals surface area contributed by atoms with Crippen LogP contribution >= 0.6 is 27.7 Å². The van der Waals surface area contributed by atoms with Crippen LogP contribution in [0.1, 0.15) is 17.3 Å². The second-order valence-electron chi connectivity index (χ2n) is 3.94. The maximum Gasteiger partial charge on any atom is 0.151 e. The van der Waals surface area contributed by atoms with Crippen molar-refractivity contribution in [3.05, 3.63) is 28.2 Å². The van der Waals surface area contributed by atoms with Crippen molar-refractivity contribution in [3.63, 3.8) is 0 Å². The van der Waals surface area contributed by atoms with Crippen molar-refractivity contribution in [2.75, 3.05) is 23.0 Å². The number of thioether (sulfide) groups is 1. The second-order valence-corrected chi connectivity index (χ2v) is 5.95. The van der Waals surface area contributed by atoms with Gasteiger partial charge in [-0.25, -0.2) is 0 Å². The van der Waals surface area contributed by atoms with E-state index in [0.29, 0.717) is 11.6 Å². The summed E-state index contributed by atoms with van der Waals surface area (Å²) in [5.41, 5.74) is 1.91. The molecule has 1 aromatic carbocycles. The van der Waals surface area contributed by atoms with Crippen molar-refractivity contribution in [3.8, 4) is 0 Å². The molecule has 1 fully saturated rings. The van der Waals surface area contributed by atoms with Crippen LogP contribution in [0.3, 0.4) is 0 Å². The van der Waals surface area contributed by atoms with E-state index >= 15 is 0 Å². The van der Waals surface area contributed by atoms with E-state index in [4.69, 9.17) is 0 Å². The van der Waals surface area contributed by atoms with E-state index in [1.54, 1.807) is 0 Å². The number of carbonyl (C=O) groups excluding carboxylic acids is 1. The fraction of sp³-hybridized carbons (Fsp3) is 0.417. The third-order valence-corrected chi connectivity index (χ3v) is 4.69. The van der Waals surface area contributed by atoms with Crippen LogP contribution < -0.4 is 4.90 Å². The molecule has 1 heterocycles. The zero-order valence-corrected chi connectivity index (χ0v) is 11.6. The van der Waals surface area contributed by atoms with E-state index in [9.17, 15) is 4.79 Å². The zero-order chi connectivity index (χ0) is 11.5. The molecule has 1 aromatic rings. The number of hydrogen-bond donors (Lipinski definition) is 0. The fourth-order valence-corrected chi connectivity index (χ4v) is 3.37. The Balaban J connectivity index is 2.26. The Hall–Kier alpha value is -0.480. The van der Waals surface area contributed by atoms with Gasteiger partial charge in [-0.3, -0.25) is 4.79 Å². The Labute approximate surface area is 109 Å². The molecule has 4 heteroatoms. The summed E-state index contributed by atoms with van der Waals surface area (Å²) in [6.07, 6.45) is 0.878. The van der Waals surface area contributed by atoms with Gasteiger partial charge in [0.05, 0.1) is 0 Å². The van der Waals surface area contributed by atoms with Gasteiger partial charge < -0.3 is 4.90 Å². The van der Waals surface area contributed by atoms with Gasteiger partial charge in [-0.2, -0.15) is 11.8 Å². The van der Waals surface area contributed by atoms with Gasteiger partial charge in [-0.15, -0.1) is 0 Å². The SMILES string of the molecule is CC1CSCCN1c1ccc(C=O)c(Br)c1. The standard InChI is InChI=1S/C12H14BrNOS/c1-9-8-16-5-4-14(9)11-3-2-10(7-15)12(13)6-11/h2-3,6-7,9H,4-5,8H2,1H3. The lowest BCUT2D eigenvalue weighted by Crippen LogP contribution is -2.40. The van der Waals surface area contributed by atoms with Crippen LogP contribution in [0.5, 0.6) is 0 Å².